The number of ether oxygens (including phenoxy) is 2. The minimum atomic E-state index is -0.122. The summed E-state index contributed by atoms with van der Waals surface area (Å²) in [4.78, 5) is 12.8. The first kappa shape index (κ1) is 20.5. The van der Waals surface area contributed by atoms with Gasteiger partial charge in [0.25, 0.3) is 0 Å². The first-order valence-electron chi connectivity index (χ1n) is 10.8. The van der Waals surface area contributed by atoms with Crippen LogP contribution >= 0.6 is 0 Å². The van der Waals surface area contributed by atoms with Crippen molar-refractivity contribution in [1.29, 1.82) is 0 Å². The van der Waals surface area contributed by atoms with Gasteiger partial charge in [0.1, 0.15) is 18.1 Å². The van der Waals surface area contributed by atoms with Crippen molar-refractivity contribution in [3.63, 3.8) is 0 Å². The van der Waals surface area contributed by atoms with Crippen LogP contribution in [0, 0.1) is 0 Å². The molecule has 4 aromatic carbocycles. The maximum atomic E-state index is 12.8. The smallest absolute Gasteiger partial charge is 0.231 e. The number of carbonyl (C=O) groups excluding carboxylic acids is 1. The third-order valence-corrected chi connectivity index (χ3v) is 5.58. The van der Waals surface area contributed by atoms with Gasteiger partial charge in [0.05, 0.1) is 5.56 Å². The van der Waals surface area contributed by atoms with Crippen LogP contribution in [-0.2, 0) is 6.61 Å². The standard InChI is InChI=1S/C30H22O3/c1-2-21-8-10-23(11-9-21)20-32-26-16-17-27-28(19-26)33-29(30(27)31)18-22-12-14-25(15-13-22)24-6-4-3-5-7-24/h2-19H,1,20H2/b29-18-. The van der Waals surface area contributed by atoms with Crippen LogP contribution in [0.4, 0.5) is 0 Å². The highest BCUT2D eigenvalue weighted by molar-refractivity contribution is 6.14. The molecule has 5 rings (SSSR count). The SMILES string of the molecule is C=Cc1ccc(COc2ccc3c(c2)O/C(=C\c2ccc(-c4ccccc4)cc2)C3=O)cc1. The number of allylic oxidation sites excluding steroid dienone is 1. The fraction of sp³-hybridized carbons (Fsp3) is 0.0333. The lowest BCUT2D eigenvalue weighted by Gasteiger charge is -2.07. The van der Waals surface area contributed by atoms with Gasteiger partial charge >= 0.3 is 0 Å². The second kappa shape index (κ2) is 9.01. The molecule has 0 radical (unpaired) electrons. The third kappa shape index (κ3) is 4.48. The Balaban J connectivity index is 1.29. The molecule has 3 nitrogen and oxygen atoms in total. The van der Waals surface area contributed by atoms with E-state index < -0.39 is 0 Å². The average Bonchev–Trinajstić information content (AvgIpc) is 3.18. The summed E-state index contributed by atoms with van der Waals surface area (Å²) in [5, 5.41) is 0. The van der Waals surface area contributed by atoms with Gasteiger partial charge < -0.3 is 9.47 Å². The molecule has 0 aliphatic carbocycles. The normalized spacial score (nSPS) is 13.5. The van der Waals surface area contributed by atoms with Gasteiger partial charge in [-0.2, -0.15) is 0 Å². The Kier molecular flexibility index (Phi) is 5.61. The van der Waals surface area contributed by atoms with E-state index >= 15 is 0 Å². The highest BCUT2D eigenvalue weighted by atomic mass is 16.5. The van der Waals surface area contributed by atoms with Crippen LogP contribution in [0.1, 0.15) is 27.0 Å². The number of benzene rings is 4. The first-order valence-corrected chi connectivity index (χ1v) is 10.8. The van der Waals surface area contributed by atoms with Gasteiger partial charge in [0.2, 0.25) is 5.78 Å². The number of hydrogen-bond donors (Lipinski definition) is 0. The van der Waals surface area contributed by atoms with E-state index in [0.717, 1.165) is 27.8 Å². The van der Waals surface area contributed by atoms with E-state index in [1.165, 1.54) is 0 Å². The maximum Gasteiger partial charge on any atom is 0.231 e. The van der Waals surface area contributed by atoms with E-state index in [1.54, 1.807) is 24.3 Å². The summed E-state index contributed by atoms with van der Waals surface area (Å²) in [5.74, 6) is 1.37. The lowest BCUT2D eigenvalue weighted by Crippen LogP contribution is -1.98. The number of fused-ring (bicyclic) bond motifs is 1. The average molecular weight is 431 g/mol. The summed E-state index contributed by atoms with van der Waals surface area (Å²) in [6.07, 6.45) is 3.58. The van der Waals surface area contributed by atoms with E-state index in [-0.39, 0.29) is 5.78 Å². The monoisotopic (exact) mass is 430 g/mol. The minimum absolute atomic E-state index is 0.122. The molecule has 1 aliphatic heterocycles. The molecule has 0 spiro atoms. The van der Waals surface area contributed by atoms with Crippen molar-refractivity contribution in [2.24, 2.45) is 0 Å². The Morgan fingerprint density at radius 3 is 2.21 bits per heavy atom. The molecule has 0 bridgehead atoms. The molecule has 3 heteroatoms. The van der Waals surface area contributed by atoms with Crippen molar-refractivity contribution in [2.45, 2.75) is 6.61 Å². The number of carbonyl (C=O) groups is 1. The Labute approximate surface area is 193 Å². The molecule has 0 amide bonds. The van der Waals surface area contributed by atoms with Crippen LogP contribution in [0.15, 0.2) is 109 Å². The van der Waals surface area contributed by atoms with E-state index in [9.17, 15) is 4.79 Å². The zero-order valence-electron chi connectivity index (χ0n) is 18.0. The Bertz CT molecular complexity index is 1330. The molecule has 0 unspecified atom stereocenters. The van der Waals surface area contributed by atoms with Gasteiger partial charge in [-0.25, -0.2) is 0 Å². The Morgan fingerprint density at radius 2 is 1.48 bits per heavy atom. The molecule has 0 aromatic heterocycles. The van der Waals surface area contributed by atoms with Crippen molar-refractivity contribution < 1.29 is 14.3 Å². The fourth-order valence-corrected chi connectivity index (χ4v) is 3.73. The van der Waals surface area contributed by atoms with Crippen molar-refractivity contribution in [3.8, 4) is 22.6 Å². The first-order chi connectivity index (χ1) is 16.2. The summed E-state index contributed by atoms with van der Waals surface area (Å²) in [5.41, 5.74) is 5.85. The molecule has 4 aromatic rings. The van der Waals surface area contributed by atoms with E-state index in [0.29, 0.717) is 29.4 Å². The van der Waals surface area contributed by atoms with Gasteiger partial charge in [-0.05, 0) is 46.0 Å². The number of rotatable bonds is 6. The van der Waals surface area contributed by atoms with Crippen molar-refractivity contribution in [2.75, 3.05) is 0 Å². The van der Waals surface area contributed by atoms with Crippen molar-refractivity contribution >= 4 is 17.9 Å². The lowest BCUT2D eigenvalue weighted by molar-refractivity contribution is 0.101. The summed E-state index contributed by atoms with van der Waals surface area (Å²) < 4.78 is 11.8. The van der Waals surface area contributed by atoms with Crippen LogP contribution < -0.4 is 9.47 Å². The molecule has 0 atom stereocenters. The highest BCUT2D eigenvalue weighted by Gasteiger charge is 2.27. The van der Waals surface area contributed by atoms with Crippen LogP contribution in [0.2, 0.25) is 0 Å². The van der Waals surface area contributed by atoms with Crippen molar-refractivity contribution in [3.05, 3.63) is 132 Å². The largest absolute Gasteiger partial charge is 0.489 e. The van der Waals surface area contributed by atoms with Gasteiger partial charge in [0.15, 0.2) is 5.76 Å². The fourth-order valence-electron chi connectivity index (χ4n) is 3.73. The third-order valence-electron chi connectivity index (χ3n) is 5.58. The van der Waals surface area contributed by atoms with E-state index in [4.69, 9.17) is 9.47 Å². The Morgan fingerprint density at radius 1 is 0.788 bits per heavy atom. The maximum absolute atomic E-state index is 12.8. The molecular weight excluding hydrogens is 408 g/mol. The quantitative estimate of drug-likeness (QED) is 0.304. The van der Waals surface area contributed by atoms with Gasteiger partial charge in [-0.1, -0.05) is 91.5 Å². The molecule has 0 N–H and O–H groups in total. The van der Waals surface area contributed by atoms with Crippen molar-refractivity contribution in [1.82, 2.24) is 0 Å². The zero-order valence-corrected chi connectivity index (χ0v) is 18.0. The minimum Gasteiger partial charge on any atom is -0.489 e. The topological polar surface area (TPSA) is 35.5 Å². The Hall–Kier alpha value is -4.37. The van der Waals surface area contributed by atoms with E-state index in [2.05, 4.69) is 18.7 Å². The van der Waals surface area contributed by atoms with Gasteiger partial charge in [-0.3, -0.25) is 4.79 Å². The molecule has 1 heterocycles. The molecule has 33 heavy (non-hydrogen) atoms. The number of hydrogen-bond acceptors (Lipinski definition) is 3. The number of ketones is 1. The second-order valence-corrected chi connectivity index (χ2v) is 7.82. The number of Topliss-reactive ketones (excluding diaryl/α,β-unsaturated/α-hetero) is 1. The lowest BCUT2D eigenvalue weighted by atomic mass is 10.0. The predicted octanol–water partition coefficient (Wildman–Crippen LogP) is 7.19. The molecule has 0 fully saturated rings. The van der Waals surface area contributed by atoms with E-state index in [1.807, 2.05) is 72.8 Å². The van der Waals surface area contributed by atoms with Crippen LogP contribution in [-0.4, -0.2) is 5.78 Å². The van der Waals surface area contributed by atoms with Gasteiger partial charge in [0, 0.05) is 6.07 Å². The summed E-state index contributed by atoms with van der Waals surface area (Å²) in [7, 11) is 0. The molecule has 0 saturated heterocycles. The van der Waals surface area contributed by atoms with Crippen LogP contribution in [0.5, 0.6) is 11.5 Å². The van der Waals surface area contributed by atoms with Crippen LogP contribution in [0.25, 0.3) is 23.3 Å². The zero-order chi connectivity index (χ0) is 22.6. The molecule has 1 aliphatic rings. The summed E-state index contributed by atoms with van der Waals surface area (Å²) in [6, 6.07) is 31.6. The highest BCUT2D eigenvalue weighted by Crippen LogP contribution is 2.35. The van der Waals surface area contributed by atoms with Crippen LogP contribution in [0.3, 0.4) is 0 Å². The summed E-state index contributed by atoms with van der Waals surface area (Å²) >= 11 is 0. The summed E-state index contributed by atoms with van der Waals surface area (Å²) in [6.45, 7) is 4.20. The molecular formula is C30H22O3. The van der Waals surface area contributed by atoms with Gasteiger partial charge in [-0.15, -0.1) is 0 Å². The second-order valence-electron chi connectivity index (χ2n) is 7.82. The molecule has 0 saturated carbocycles. The molecule has 160 valence electrons. The predicted molar refractivity (Wildman–Crippen MR) is 132 cm³/mol.